The molecule has 3 N–H and O–H groups in total. The van der Waals surface area contributed by atoms with Crippen LogP contribution in [-0.2, 0) is 0 Å². The molecule has 0 saturated carbocycles. The lowest BCUT2D eigenvalue weighted by molar-refractivity contribution is 0.123. The first kappa shape index (κ1) is 5.88. The van der Waals surface area contributed by atoms with Crippen molar-refractivity contribution in [3.05, 3.63) is 13.2 Å². The fourth-order valence-corrected chi connectivity index (χ4v) is 0.0385. The Labute approximate surface area is 35.9 Å². The lowest BCUT2D eigenvalue weighted by Gasteiger charge is -1.94. The van der Waals surface area contributed by atoms with E-state index in [9.17, 15) is 0 Å². The van der Waals surface area contributed by atoms with Crippen LogP contribution < -0.4 is 0 Å². The Morgan fingerprint density at radius 1 is 1.17 bits per heavy atom. The van der Waals surface area contributed by atoms with Gasteiger partial charge >= 0.3 is 0 Å². The van der Waals surface area contributed by atoms with Gasteiger partial charge in [0.25, 0.3) is 0 Å². The van der Waals surface area contributed by atoms with Crippen LogP contribution in [0.3, 0.4) is 0 Å². The molecule has 0 saturated heterocycles. The summed E-state index contributed by atoms with van der Waals surface area (Å²) in [7, 11) is 0. The molecule has 0 aromatic heterocycles. The molecule has 0 amide bonds. The topological polar surface area (TPSA) is 60.7 Å². The Balaban J connectivity index is 2.75. The van der Waals surface area contributed by atoms with Gasteiger partial charge in [0.1, 0.15) is 19.3 Å². The highest BCUT2D eigenvalue weighted by atomic mass is 16.3. The van der Waals surface area contributed by atoms with E-state index in [-0.39, 0.29) is 0 Å². The molecule has 0 aliphatic rings. The largest absolute Gasteiger partial charge is 0.387 e. The van der Waals surface area contributed by atoms with Gasteiger partial charge in [-0.05, 0) is 0 Å². The number of aliphatic hydroxyl groups excluding tert-OH is 3. The molecule has 0 aliphatic heterocycles. The molecular formula is C3H6O3. The Hall–Kier alpha value is -0.120. The van der Waals surface area contributed by atoms with Crippen molar-refractivity contribution >= 4 is 0 Å². The van der Waals surface area contributed by atoms with Gasteiger partial charge in [-0.1, -0.05) is 0 Å². The molecule has 0 aromatic carbocycles. The highest BCUT2D eigenvalue weighted by molar-refractivity contribution is 4.68. The predicted octanol–water partition coefficient (Wildman–Crippen LogP) is -0.584. The van der Waals surface area contributed by atoms with E-state index in [1.807, 2.05) is 0 Å². The summed E-state index contributed by atoms with van der Waals surface area (Å²) < 4.78 is 0. The molecule has 0 atom stereocenters. The van der Waals surface area contributed by atoms with E-state index in [0.29, 0.717) is 13.2 Å². The Morgan fingerprint density at radius 3 is 1.50 bits per heavy atom. The summed E-state index contributed by atoms with van der Waals surface area (Å²) in [6, 6.07) is 0. The predicted molar refractivity (Wildman–Crippen MR) is 18.5 cm³/mol. The molecule has 2 radical (unpaired) electrons. The van der Waals surface area contributed by atoms with E-state index in [4.69, 9.17) is 15.3 Å². The van der Waals surface area contributed by atoms with Crippen LogP contribution >= 0.6 is 0 Å². The molecule has 0 unspecified atom stereocenters. The second kappa shape index (κ2) is 3.08. The summed E-state index contributed by atoms with van der Waals surface area (Å²) in [5.74, 6) is 0. The first-order valence-corrected chi connectivity index (χ1v) is 1.44. The second-order valence-electron chi connectivity index (χ2n) is 0.789. The molecule has 6 heavy (non-hydrogen) atoms. The third kappa shape index (κ3) is 2.14. The van der Waals surface area contributed by atoms with E-state index < -0.39 is 6.10 Å². The lowest BCUT2D eigenvalue weighted by atomic mass is 10.4. The zero-order valence-corrected chi connectivity index (χ0v) is 3.07. The fourth-order valence-electron chi connectivity index (χ4n) is 0.0385. The van der Waals surface area contributed by atoms with E-state index in [1.54, 1.807) is 0 Å². The molecular weight excluding hydrogens is 84.0 g/mol. The van der Waals surface area contributed by atoms with Crippen molar-refractivity contribution in [2.45, 2.75) is 6.10 Å². The minimum absolute atomic E-state index is 0.472. The number of hydrogen-bond donors (Lipinski definition) is 3. The zero-order valence-electron chi connectivity index (χ0n) is 3.07. The Morgan fingerprint density at radius 2 is 1.50 bits per heavy atom. The van der Waals surface area contributed by atoms with Crippen LogP contribution in [0, 0.1) is 13.2 Å². The maximum Gasteiger partial charge on any atom is 0.111 e. The van der Waals surface area contributed by atoms with Crippen LogP contribution in [0.4, 0.5) is 0 Å². The average molecular weight is 90.1 g/mol. The minimum atomic E-state index is -1.20. The second-order valence-corrected chi connectivity index (χ2v) is 0.789. The van der Waals surface area contributed by atoms with Crippen LogP contribution in [0.2, 0.25) is 0 Å². The molecule has 0 fully saturated rings. The number of aliphatic hydroxyl groups is 3. The molecule has 0 aliphatic carbocycles. The quantitative estimate of drug-likeness (QED) is 0.425. The normalized spacial score (nSPS) is 10.0. The van der Waals surface area contributed by atoms with E-state index >= 15 is 0 Å². The van der Waals surface area contributed by atoms with Gasteiger partial charge in [-0.2, -0.15) is 0 Å². The summed E-state index contributed by atoms with van der Waals surface area (Å²) in [4.78, 5) is 0. The van der Waals surface area contributed by atoms with Crippen molar-refractivity contribution < 1.29 is 15.3 Å². The van der Waals surface area contributed by atoms with Gasteiger partial charge in [0.05, 0.1) is 0 Å². The van der Waals surface area contributed by atoms with Crippen molar-refractivity contribution in [1.82, 2.24) is 0 Å². The molecule has 3 heteroatoms. The lowest BCUT2D eigenvalue weighted by Crippen LogP contribution is -2.05. The third-order valence-corrected chi connectivity index (χ3v) is 0.305. The van der Waals surface area contributed by atoms with Gasteiger partial charge < -0.3 is 15.3 Å². The van der Waals surface area contributed by atoms with Crippen molar-refractivity contribution in [2.75, 3.05) is 0 Å². The monoisotopic (exact) mass is 90.0 g/mol. The van der Waals surface area contributed by atoms with Crippen molar-refractivity contribution in [3.8, 4) is 0 Å². The Kier molecular flexibility index (Phi) is 3.02. The van der Waals surface area contributed by atoms with Gasteiger partial charge in [-0.3, -0.25) is 0 Å². The molecule has 0 heterocycles. The maximum atomic E-state index is 8.06. The standard InChI is InChI=1S/C3H6O3/c4-1-3(6)2-5/h1-6H. The summed E-state index contributed by atoms with van der Waals surface area (Å²) in [5.41, 5.74) is 0. The zero-order chi connectivity index (χ0) is 4.99. The van der Waals surface area contributed by atoms with Gasteiger partial charge in [0, 0.05) is 0 Å². The fraction of sp³-hybridized carbons (Fsp3) is 0.333. The summed E-state index contributed by atoms with van der Waals surface area (Å²) in [5, 5.41) is 23.6. The third-order valence-electron chi connectivity index (χ3n) is 0.305. The van der Waals surface area contributed by atoms with Gasteiger partial charge in [0.2, 0.25) is 0 Å². The van der Waals surface area contributed by atoms with E-state index in [1.165, 1.54) is 0 Å². The first-order valence-electron chi connectivity index (χ1n) is 1.44. The van der Waals surface area contributed by atoms with Gasteiger partial charge in [-0.15, -0.1) is 0 Å². The van der Waals surface area contributed by atoms with Crippen LogP contribution in [0.25, 0.3) is 0 Å². The molecule has 36 valence electrons. The van der Waals surface area contributed by atoms with Crippen LogP contribution in [0.1, 0.15) is 0 Å². The highest BCUT2D eigenvalue weighted by Gasteiger charge is 1.95. The highest BCUT2D eigenvalue weighted by Crippen LogP contribution is 1.83. The summed E-state index contributed by atoms with van der Waals surface area (Å²) in [6.45, 7) is 0.944. The molecule has 3 nitrogen and oxygen atoms in total. The average Bonchev–Trinajstić information content (AvgIpc) is 1.65. The van der Waals surface area contributed by atoms with E-state index in [2.05, 4.69) is 0 Å². The van der Waals surface area contributed by atoms with Crippen molar-refractivity contribution in [3.63, 3.8) is 0 Å². The van der Waals surface area contributed by atoms with Crippen molar-refractivity contribution in [2.24, 2.45) is 0 Å². The SMILES string of the molecule is O[CH]C(O)[CH]O. The minimum Gasteiger partial charge on any atom is -0.387 e. The van der Waals surface area contributed by atoms with Crippen LogP contribution in [-0.4, -0.2) is 21.4 Å². The maximum absolute atomic E-state index is 8.06. The first-order chi connectivity index (χ1) is 2.81. The van der Waals surface area contributed by atoms with Crippen LogP contribution in [0.5, 0.6) is 0 Å². The summed E-state index contributed by atoms with van der Waals surface area (Å²) in [6.07, 6.45) is -1.20. The van der Waals surface area contributed by atoms with Crippen LogP contribution in [0.15, 0.2) is 0 Å². The number of rotatable bonds is 2. The number of hydrogen-bond acceptors (Lipinski definition) is 3. The van der Waals surface area contributed by atoms with E-state index in [0.717, 1.165) is 0 Å². The van der Waals surface area contributed by atoms with Gasteiger partial charge in [-0.25, -0.2) is 0 Å². The Bertz CT molecular complexity index is 25.2. The molecule has 0 spiro atoms. The van der Waals surface area contributed by atoms with Crippen molar-refractivity contribution in [1.29, 1.82) is 0 Å². The molecule has 0 bridgehead atoms. The van der Waals surface area contributed by atoms with Gasteiger partial charge in [0.15, 0.2) is 0 Å². The summed E-state index contributed by atoms with van der Waals surface area (Å²) >= 11 is 0. The molecule has 0 aromatic rings. The molecule has 0 rings (SSSR count). The smallest absolute Gasteiger partial charge is 0.111 e.